The largest absolute Gasteiger partial charge is 0.493 e. The van der Waals surface area contributed by atoms with E-state index in [9.17, 15) is 4.79 Å². The summed E-state index contributed by atoms with van der Waals surface area (Å²) in [5.74, 6) is 2.82. The van der Waals surface area contributed by atoms with E-state index >= 15 is 0 Å². The first kappa shape index (κ1) is 14.3. The Balaban J connectivity index is 2.00. The molecular formula is C15H21NO2S. The van der Waals surface area contributed by atoms with Crippen LogP contribution in [-0.4, -0.2) is 18.3 Å². The molecule has 0 bridgehead atoms. The van der Waals surface area contributed by atoms with Crippen molar-refractivity contribution in [3.05, 3.63) is 23.8 Å². The van der Waals surface area contributed by atoms with Crippen molar-refractivity contribution >= 4 is 24.2 Å². The van der Waals surface area contributed by atoms with Gasteiger partial charge in [-0.2, -0.15) is 12.6 Å². The monoisotopic (exact) mass is 279 g/mol. The molecule has 4 heteroatoms. The molecule has 1 amide bonds. The maximum atomic E-state index is 11.3. The third-order valence-corrected chi connectivity index (χ3v) is 4.08. The van der Waals surface area contributed by atoms with Gasteiger partial charge in [0, 0.05) is 18.0 Å². The maximum absolute atomic E-state index is 11.3. The number of amides is 1. The van der Waals surface area contributed by atoms with Gasteiger partial charge in [-0.05, 0) is 41.9 Å². The number of hydrogen-bond donors (Lipinski definition) is 2. The third-order valence-electron chi connectivity index (χ3n) is 3.61. The molecule has 1 aromatic carbocycles. The quantitative estimate of drug-likeness (QED) is 0.813. The van der Waals surface area contributed by atoms with E-state index in [4.69, 9.17) is 4.74 Å². The van der Waals surface area contributed by atoms with Crippen molar-refractivity contribution in [3.63, 3.8) is 0 Å². The molecule has 1 aliphatic heterocycles. The van der Waals surface area contributed by atoms with E-state index in [0.29, 0.717) is 24.9 Å². The number of fused-ring (bicyclic) bond motifs is 1. The van der Waals surface area contributed by atoms with Crippen LogP contribution in [0.15, 0.2) is 18.2 Å². The van der Waals surface area contributed by atoms with Crippen LogP contribution in [0, 0.1) is 11.8 Å². The van der Waals surface area contributed by atoms with Gasteiger partial charge in [-0.25, -0.2) is 0 Å². The van der Waals surface area contributed by atoms with E-state index < -0.39 is 0 Å². The molecule has 0 saturated heterocycles. The molecule has 1 aromatic rings. The summed E-state index contributed by atoms with van der Waals surface area (Å²) in [4.78, 5) is 11.3. The Morgan fingerprint density at radius 2 is 2.16 bits per heavy atom. The second-order valence-electron chi connectivity index (χ2n) is 5.36. The van der Waals surface area contributed by atoms with Crippen LogP contribution < -0.4 is 10.1 Å². The van der Waals surface area contributed by atoms with Crippen LogP contribution in [0.25, 0.3) is 0 Å². The second-order valence-corrected chi connectivity index (χ2v) is 5.73. The fraction of sp³-hybridized carbons (Fsp3) is 0.533. The molecule has 1 unspecified atom stereocenters. The van der Waals surface area contributed by atoms with Crippen LogP contribution in [0.4, 0.5) is 5.69 Å². The van der Waals surface area contributed by atoms with Gasteiger partial charge in [0.25, 0.3) is 0 Å². The molecule has 1 atom stereocenters. The zero-order valence-electron chi connectivity index (χ0n) is 11.5. The summed E-state index contributed by atoms with van der Waals surface area (Å²) in [6, 6.07) is 5.87. The van der Waals surface area contributed by atoms with Gasteiger partial charge in [-0.15, -0.1) is 0 Å². The molecular weight excluding hydrogens is 258 g/mol. The molecule has 0 aliphatic carbocycles. The number of hydrogen-bond acceptors (Lipinski definition) is 3. The summed E-state index contributed by atoms with van der Waals surface area (Å²) in [6.07, 6.45) is 1.35. The summed E-state index contributed by atoms with van der Waals surface area (Å²) in [5.41, 5.74) is 2.07. The molecule has 2 rings (SSSR count). The Hall–Kier alpha value is -1.16. The Morgan fingerprint density at radius 1 is 1.37 bits per heavy atom. The number of aryl methyl sites for hydroxylation is 1. The smallest absolute Gasteiger partial charge is 0.224 e. The molecule has 19 heavy (non-hydrogen) atoms. The van der Waals surface area contributed by atoms with Crippen molar-refractivity contribution in [3.8, 4) is 5.75 Å². The highest BCUT2D eigenvalue weighted by atomic mass is 32.1. The standard InChI is InChI=1S/C15H21NO2S/c1-10(2)12(9-19)8-18-13-4-5-14-11(7-13)3-6-15(17)16-14/h4-5,7,10,12,19H,3,6,8-9H2,1-2H3,(H,16,17). The fourth-order valence-corrected chi connectivity index (χ4v) is 2.64. The number of ether oxygens (including phenoxy) is 1. The first-order chi connectivity index (χ1) is 9.10. The lowest BCUT2D eigenvalue weighted by atomic mass is 9.99. The number of thiol groups is 1. The minimum absolute atomic E-state index is 0.0936. The number of rotatable bonds is 5. The van der Waals surface area contributed by atoms with E-state index in [1.807, 2.05) is 18.2 Å². The predicted octanol–water partition coefficient (Wildman–Crippen LogP) is 3.15. The molecule has 1 heterocycles. The van der Waals surface area contributed by atoms with Crippen molar-refractivity contribution in [1.82, 2.24) is 0 Å². The van der Waals surface area contributed by atoms with Gasteiger partial charge in [0.1, 0.15) is 5.75 Å². The molecule has 1 aliphatic rings. The minimum atomic E-state index is 0.0936. The number of carbonyl (C=O) groups excluding carboxylic acids is 1. The topological polar surface area (TPSA) is 38.3 Å². The predicted molar refractivity (Wildman–Crippen MR) is 81.1 cm³/mol. The summed E-state index contributed by atoms with van der Waals surface area (Å²) in [5, 5.41) is 2.87. The van der Waals surface area contributed by atoms with Crippen LogP contribution in [0.3, 0.4) is 0 Å². The van der Waals surface area contributed by atoms with E-state index in [1.54, 1.807) is 0 Å². The highest BCUT2D eigenvalue weighted by molar-refractivity contribution is 7.80. The van der Waals surface area contributed by atoms with E-state index in [2.05, 4.69) is 31.8 Å². The van der Waals surface area contributed by atoms with Crippen molar-refractivity contribution in [2.45, 2.75) is 26.7 Å². The first-order valence-corrected chi connectivity index (χ1v) is 7.40. The Bertz CT molecular complexity index is 459. The van der Waals surface area contributed by atoms with E-state index in [-0.39, 0.29) is 5.91 Å². The molecule has 0 fully saturated rings. The third kappa shape index (κ3) is 3.66. The summed E-state index contributed by atoms with van der Waals surface area (Å²) in [7, 11) is 0. The van der Waals surface area contributed by atoms with Gasteiger partial charge >= 0.3 is 0 Å². The molecule has 0 radical (unpaired) electrons. The summed E-state index contributed by atoms with van der Waals surface area (Å²) in [6.45, 7) is 5.06. The van der Waals surface area contributed by atoms with Gasteiger partial charge in [-0.1, -0.05) is 13.8 Å². The normalized spacial score (nSPS) is 15.9. The average Bonchev–Trinajstić information content (AvgIpc) is 2.39. The van der Waals surface area contributed by atoms with Gasteiger partial charge in [-0.3, -0.25) is 4.79 Å². The zero-order valence-corrected chi connectivity index (χ0v) is 12.4. The van der Waals surface area contributed by atoms with Gasteiger partial charge < -0.3 is 10.1 Å². The second kappa shape index (κ2) is 6.33. The van der Waals surface area contributed by atoms with E-state index in [0.717, 1.165) is 29.2 Å². The number of anilines is 1. The summed E-state index contributed by atoms with van der Waals surface area (Å²) >= 11 is 4.36. The van der Waals surface area contributed by atoms with Gasteiger partial charge in [0.05, 0.1) is 6.61 Å². The highest BCUT2D eigenvalue weighted by Gasteiger charge is 2.16. The molecule has 1 N–H and O–H groups in total. The Kier molecular flexibility index (Phi) is 4.75. The number of nitrogens with one attached hydrogen (secondary N) is 1. The fourth-order valence-electron chi connectivity index (χ4n) is 2.11. The van der Waals surface area contributed by atoms with Crippen LogP contribution in [0.1, 0.15) is 25.8 Å². The molecule has 3 nitrogen and oxygen atoms in total. The molecule has 0 spiro atoms. The highest BCUT2D eigenvalue weighted by Crippen LogP contribution is 2.27. The van der Waals surface area contributed by atoms with Gasteiger partial charge in [0.15, 0.2) is 0 Å². The van der Waals surface area contributed by atoms with Crippen LogP contribution >= 0.6 is 12.6 Å². The molecule has 0 saturated carbocycles. The molecule has 104 valence electrons. The SMILES string of the molecule is CC(C)C(CS)COc1ccc2c(c1)CCC(=O)N2. The minimum Gasteiger partial charge on any atom is -0.493 e. The lowest BCUT2D eigenvalue weighted by Gasteiger charge is -2.21. The van der Waals surface area contributed by atoms with Crippen molar-refractivity contribution < 1.29 is 9.53 Å². The van der Waals surface area contributed by atoms with Gasteiger partial charge in [0.2, 0.25) is 5.91 Å². The summed E-state index contributed by atoms with van der Waals surface area (Å²) < 4.78 is 5.85. The number of benzene rings is 1. The van der Waals surface area contributed by atoms with E-state index in [1.165, 1.54) is 0 Å². The Morgan fingerprint density at radius 3 is 2.84 bits per heavy atom. The van der Waals surface area contributed by atoms with Crippen molar-refractivity contribution in [2.24, 2.45) is 11.8 Å². The first-order valence-electron chi connectivity index (χ1n) is 6.76. The van der Waals surface area contributed by atoms with Crippen LogP contribution in [0.5, 0.6) is 5.75 Å². The lowest BCUT2D eigenvalue weighted by molar-refractivity contribution is -0.116. The van der Waals surface area contributed by atoms with Crippen LogP contribution in [-0.2, 0) is 11.2 Å². The Labute approximate surface area is 120 Å². The van der Waals surface area contributed by atoms with Crippen molar-refractivity contribution in [2.75, 3.05) is 17.7 Å². The maximum Gasteiger partial charge on any atom is 0.224 e. The van der Waals surface area contributed by atoms with Crippen molar-refractivity contribution in [1.29, 1.82) is 0 Å². The zero-order chi connectivity index (χ0) is 13.8. The number of carbonyl (C=O) groups is 1. The lowest BCUT2D eigenvalue weighted by Crippen LogP contribution is -2.20. The van der Waals surface area contributed by atoms with Crippen LogP contribution in [0.2, 0.25) is 0 Å². The molecule has 0 aromatic heterocycles. The average molecular weight is 279 g/mol.